The topological polar surface area (TPSA) is 18.5 Å². The molecule has 1 aromatic rings. The van der Waals surface area contributed by atoms with Gasteiger partial charge < -0.3 is 9.47 Å². The lowest BCUT2D eigenvalue weighted by molar-refractivity contribution is -0.0308. The first-order chi connectivity index (χ1) is 7.38. The SMILES string of the molecule is C[CH]CC1=COC(Cc2ccccc2)O1. The van der Waals surface area contributed by atoms with Crippen LogP contribution in [0.15, 0.2) is 42.4 Å². The van der Waals surface area contributed by atoms with E-state index in [9.17, 15) is 0 Å². The van der Waals surface area contributed by atoms with Gasteiger partial charge in [-0.1, -0.05) is 37.3 Å². The number of rotatable bonds is 4. The molecular formula is C13H15O2. The molecule has 0 N–H and O–H groups in total. The first-order valence-electron chi connectivity index (χ1n) is 5.21. The smallest absolute Gasteiger partial charge is 0.244 e. The minimum absolute atomic E-state index is 0.151. The Bertz CT molecular complexity index is 330. The van der Waals surface area contributed by atoms with Crippen molar-refractivity contribution < 1.29 is 9.47 Å². The van der Waals surface area contributed by atoms with Gasteiger partial charge in [0.25, 0.3) is 0 Å². The van der Waals surface area contributed by atoms with Gasteiger partial charge in [0.05, 0.1) is 0 Å². The molecule has 2 nitrogen and oxygen atoms in total. The molecule has 1 radical (unpaired) electrons. The van der Waals surface area contributed by atoms with Gasteiger partial charge >= 0.3 is 0 Å². The summed E-state index contributed by atoms with van der Waals surface area (Å²) in [6.45, 7) is 2.01. The van der Waals surface area contributed by atoms with Gasteiger partial charge in [0.15, 0.2) is 0 Å². The zero-order valence-electron chi connectivity index (χ0n) is 8.85. The first-order valence-corrected chi connectivity index (χ1v) is 5.21. The molecule has 0 bridgehead atoms. The molecule has 2 heteroatoms. The molecule has 79 valence electrons. The summed E-state index contributed by atoms with van der Waals surface area (Å²) in [5.41, 5.74) is 1.23. The standard InChI is InChI=1S/C13H15O2/c1-2-6-12-10-14-13(15-12)9-11-7-4-3-5-8-11/h2-5,7-8,10,13H,6,9H2,1H3. The molecule has 0 aromatic heterocycles. The van der Waals surface area contributed by atoms with Crippen molar-refractivity contribution in [1.82, 2.24) is 0 Å². The van der Waals surface area contributed by atoms with E-state index < -0.39 is 0 Å². The van der Waals surface area contributed by atoms with Crippen LogP contribution in [0.2, 0.25) is 0 Å². The third-order valence-electron chi connectivity index (χ3n) is 2.28. The van der Waals surface area contributed by atoms with Crippen LogP contribution in [0.3, 0.4) is 0 Å². The van der Waals surface area contributed by atoms with Crippen LogP contribution in [0, 0.1) is 6.42 Å². The Hall–Kier alpha value is -1.44. The number of ether oxygens (including phenoxy) is 2. The lowest BCUT2D eigenvalue weighted by Gasteiger charge is -2.11. The van der Waals surface area contributed by atoms with E-state index in [0.29, 0.717) is 0 Å². The van der Waals surface area contributed by atoms with Crippen LogP contribution in [0.25, 0.3) is 0 Å². The molecule has 0 amide bonds. The van der Waals surface area contributed by atoms with Crippen LogP contribution >= 0.6 is 0 Å². The molecule has 1 aliphatic rings. The second kappa shape index (κ2) is 4.87. The fraction of sp³-hybridized carbons (Fsp3) is 0.308. The summed E-state index contributed by atoms with van der Waals surface area (Å²) in [4.78, 5) is 0. The Morgan fingerprint density at radius 1 is 1.27 bits per heavy atom. The minimum Gasteiger partial charge on any atom is -0.459 e. The molecule has 0 aliphatic carbocycles. The van der Waals surface area contributed by atoms with E-state index in [1.807, 2.05) is 25.1 Å². The number of benzene rings is 1. The van der Waals surface area contributed by atoms with Crippen molar-refractivity contribution in [1.29, 1.82) is 0 Å². The van der Waals surface area contributed by atoms with E-state index in [-0.39, 0.29) is 6.29 Å². The molecule has 1 aliphatic heterocycles. The van der Waals surface area contributed by atoms with Crippen LogP contribution in [0.4, 0.5) is 0 Å². The summed E-state index contributed by atoms with van der Waals surface area (Å²) >= 11 is 0. The van der Waals surface area contributed by atoms with Gasteiger partial charge in [0, 0.05) is 12.8 Å². The maximum atomic E-state index is 5.61. The summed E-state index contributed by atoms with van der Waals surface area (Å²) in [6, 6.07) is 10.2. The van der Waals surface area contributed by atoms with Crippen LogP contribution in [0.1, 0.15) is 18.9 Å². The van der Waals surface area contributed by atoms with Gasteiger partial charge in [0.2, 0.25) is 6.29 Å². The summed E-state index contributed by atoms with van der Waals surface area (Å²) in [6.07, 6.45) is 5.26. The van der Waals surface area contributed by atoms with E-state index in [1.165, 1.54) is 5.56 Å². The van der Waals surface area contributed by atoms with Gasteiger partial charge in [-0.2, -0.15) is 0 Å². The predicted molar refractivity (Wildman–Crippen MR) is 58.8 cm³/mol. The number of hydrogen-bond donors (Lipinski definition) is 0. The van der Waals surface area contributed by atoms with Crippen molar-refractivity contribution >= 4 is 0 Å². The van der Waals surface area contributed by atoms with Crippen LogP contribution in [-0.2, 0) is 15.9 Å². The van der Waals surface area contributed by atoms with Crippen molar-refractivity contribution in [3.8, 4) is 0 Å². The average Bonchev–Trinajstić information content (AvgIpc) is 2.68. The Morgan fingerprint density at radius 3 is 2.80 bits per heavy atom. The minimum atomic E-state index is -0.151. The predicted octanol–water partition coefficient (Wildman–Crippen LogP) is 3.06. The molecule has 1 atom stereocenters. The highest BCUT2D eigenvalue weighted by Crippen LogP contribution is 2.20. The zero-order valence-corrected chi connectivity index (χ0v) is 8.85. The molecule has 0 saturated carbocycles. The van der Waals surface area contributed by atoms with E-state index >= 15 is 0 Å². The Kier molecular flexibility index (Phi) is 3.28. The third-order valence-corrected chi connectivity index (χ3v) is 2.28. The highest BCUT2D eigenvalue weighted by Gasteiger charge is 2.18. The second-order valence-corrected chi connectivity index (χ2v) is 3.57. The van der Waals surface area contributed by atoms with E-state index in [1.54, 1.807) is 6.26 Å². The van der Waals surface area contributed by atoms with Crippen molar-refractivity contribution in [2.75, 3.05) is 0 Å². The maximum absolute atomic E-state index is 5.61. The van der Waals surface area contributed by atoms with Crippen LogP contribution < -0.4 is 0 Å². The highest BCUT2D eigenvalue weighted by molar-refractivity contribution is 5.15. The van der Waals surface area contributed by atoms with Gasteiger partial charge in [0.1, 0.15) is 12.0 Å². The van der Waals surface area contributed by atoms with Crippen LogP contribution in [-0.4, -0.2) is 6.29 Å². The fourth-order valence-electron chi connectivity index (χ4n) is 1.57. The molecule has 15 heavy (non-hydrogen) atoms. The molecule has 1 unspecified atom stereocenters. The van der Waals surface area contributed by atoms with Crippen molar-refractivity contribution in [3.05, 3.63) is 54.3 Å². The molecule has 0 fully saturated rings. The van der Waals surface area contributed by atoms with Crippen LogP contribution in [0.5, 0.6) is 0 Å². The summed E-state index contributed by atoms with van der Waals surface area (Å²) in [5.74, 6) is 0.915. The highest BCUT2D eigenvalue weighted by atomic mass is 16.7. The lowest BCUT2D eigenvalue weighted by Crippen LogP contribution is -2.12. The second-order valence-electron chi connectivity index (χ2n) is 3.57. The van der Waals surface area contributed by atoms with E-state index in [2.05, 4.69) is 18.6 Å². The lowest BCUT2D eigenvalue weighted by atomic mass is 10.1. The third kappa shape index (κ3) is 2.75. The summed E-state index contributed by atoms with van der Waals surface area (Å²) < 4.78 is 11.0. The Morgan fingerprint density at radius 2 is 2.07 bits per heavy atom. The van der Waals surface area contributed by atoms with Gasteiger partial charge in [-0.15, -0.1) is 0 Å². The first kappa shape index (κ1) is 10.1. The maximum Gasteiger partial charge on any atom is 0.244 e. The normalized spacial score (nSPS) is 19.3. The number of hydrogen-bond acceptors (Lipinski definition) is 2. The average molecular weight is 203 g/mol. The monoisotopic (exact) mass is 203 g/mol. The van der Waals surface area contributed by atoms with Crippen molar-refractivity contribution in [2.45, 2.75) is 26.1 Å². The van der Waals surface area contributed by atoms with Gasteiger partial charge in [-0.25, -0.2) is 0 Å². The molecule has 2 rings (SSSR count). The molecular weight excluding hydrogens is 188 g/mol. The van der Waals surface area contributed by atoms with Gasteiger partial charge in [-0.05, 0) is 12.0 Å². The van der Waals surface area contributed by atoms with E-state index in [4.69, 9.17) is 9.47 Å². The van der Waals surface area contributed by atoms with Gasteiger partial charge in [-0.3, -0.25) is 0 Å². The van der Waals surface area contributed by atoms with Crippen molar-refractivity contribution in [3.63, 3.8) is 0 Å². The largest absolute Gasteiger partial charge is 0.459 e. The Labute approximate surface area is 90.5 Å². The summed E-state index contributed by atoms with van der Waals surface area (Å²) in [5, 5.41) is 0. The zero-order chi connectivity index (χ0) is 10.5. The van der Waals surface area contributed by atoms with Crippen molar-refractivity contribution in [2.24, 2.45) is 0 Å². The Balaban J connectivity index is 1.84. The quantitative estimate of drug-likeness (QED) is 0.748. The molecule has 1 heterocycles. The molecule has 0 saturated heterocycles. The molecule has 0 spiro atoms. The number of allylic oxidation sites excluding steroid dienone is 1. The van der Waals surface area contributed by atoms with E-state index in [0.717, 1.165) is 18.6 Å². The summed E-state index contributed by atoms with van der Waals surface area (Å²) in [7, 11) is 0. The molecule has 1 aromatic carbocycles. The fourth-order valence-corrected chi connectivity index (χ4v) is 1.57.